The fourth-order valence-electron chi connectivity index (χ4n) is 3.92. The normalized spacial score (nSPS) is 17.0. The summed E-state index contributed by atoms with van der Waals surface area (Å²) >= 11 is 0. The van der Waals surface area contributed by atoms with Crippen LogP contribution in [-0.4, -0.2) is 27.5 Å². The number of aryl methyl sites for hydroxylation is 1. The zero-order chi connectivity index (χ0) is 17.2. The Morgan fingerprint density at radius 3 is 2.44 bits per heavy atom. The molecule has 0 N–H and O–H groups in total. The highest BCUT2D eigenvalue weighted by atomic mass is 15.2. The first-order valence-corrected chi connectivity index (χ1v) is 9.47. The quantitative estimate of drug-likeness (QED) is 0.674. The number of hydrogen-bond acceptors (Lipinski definition) is 2. The third kappa shape index (κ3) is 3.34. The molecule has 3 aromatic rings. The van der Waals surface area contributed by atoms with Crippen LogP contribution < -0.4 is 0 Å². The van der Waals surface area contributed by atoms with E-state index in [1.54, 1.807) is 0 Å². The molecule has 0 saturated carbocycles. The molecule has 2 aromatic carbocycles. The molecule has 1 fully saturated rings. The Morgan fingerprint density at radius 2 is 1.68 bits per heavy atom. The number of para-hydroxylation sites is 2. The Kier molecular flexibility index (Phi) is 4.58. The third-order valence-electron chi connectivity index (χ3n) is 5.46. The van der Waals surface area contributed by atoms with E-state index in [4.69, 9.17) is 4.98 Å². The molecule has 1 aliphatic heterocycles. The van der Waals surface area contributed by atoms with Crippen LogP contribution in [-0.2, 0) is 6.54 Å². The maximum atomic E-state index is 5.02. The first-order chi connectivity index (χ1) is 12.2. The van der Waals surface area contributed by atoms with E-state index in [9.17, 15) is 0 Å². The van der Waals surface area contributed by atoms with Gasteiger partial charge in [0.1, 0.15) is 5.82 Å². The predicted molar refractivity (Wildman–Crippen MR) is 104 cm³/mol. The molecule has 130 valence electrons. The van der Waals surface area contributed by atoms with E-state index in [1.807, 2.05) is 0 Å². The van der Waals surface area contributed by atoms with Gasteiger partial charge < -0.3 is 4.57 Å². The molecule has 3 heteroatoms. The standard InChI is InChI=1S/C22H27N3/c1-17-10-12-19(13-11-17)16-25-21-9-5-4-8-20(21)23-22(25)18(2)24-14-6-3-7-15-24/h4-5,8-13,18H,3,6-7,14-16H2,1-2H3/t18-/m0/s1. The van der Waals surface area contributed by atoms with Crippen molar-refractivity contribution in [1.82, 2.24) is 14.5 Å². The maximum absolute atomic E-state index is 5.02. The molecule has 0 spiro atoms. The van der Waals surface area contributed by atoms with Crippen LogP contribution in [0.3, 0.4) is 0 Å². The second-order valence-corrected chi connectivity index (χ2v) is 7.30. The van der Waals surface area contributed by atoms with Crippen LogP contribution >= 0.6 is 0 Å². The van der Waals surface area contributed by atoms with Crippen molar-refractivity contribution in [3.63, 3.8) is 0 Å². The lowest BCUT2D eigenvalue weighted by Gasteiger charge is -2.32. The largest absolute Gasteiger partial charge is 0.322 e. The first-order valence-electron chi connectivity index (χ1n) is 9.47. The van der Waals surface area contributed by atoms with Crippen LogP contribution in [0.2, 0.25) is 0 Å². The van der Waals surface area contributed by atoms with E-state index in [0.717, 1.165) is 12.1 Å². The number of likely N-dealkylation sites (tertiary alicyclic amines) is 1. The average molecular weight is 333 g/mol. The van der Waals surface area contributed by atoms with Gasteiger partial charge >= 0.3 is 0 Å². The number of fused-ring (bicyclic) bond motifs is 1. The van der Waals surface area contributed by atoms with E-state index < -0.39 is 0 Å². The maximum Gasteiger partial charge on any atom is 0.127 e. The highest BCUT2D eigenvalue weighted by Gasteiger charge is 2.23. The van der Waals surface area contributed by atoms with Gasteiger partial charge in [-0.15, -0.1) is 0 Å². The fraction of sp³-hybridized carbons (Fsp3) is 0.409. The summed E-state index contributed by atoms with van der Waals surface area (Å²) in [4.78, 5) is 7.62. The van der Waals surface area contributed by atoms with Crippen molar-refractivity contribution in [2.45, 2.75) is 45.7 Å². The molecular weight excluding hydrogens is 306 g/mol. The highest BCUT2D eigenvalue weighted by Crippen LogP contribution is 2.28. The predicted octanol–water partition coefficient (Wildman–Crippen LogP) is 4.94. The number of piperidine rings is 1. The third-order valence-corrected chi connectivity index (χ3v) is 5.46. The minimum atomic E-state index is 0.359. The number of aromatic nitrogens is 2. The summed E-state index contributed by atoms with van der Waals surface area (Å²) in [6, 6.07) is 17.8. The number of hydrogen-bond donors (Lipinski definition) is 0. The van der Waals surface area contributed by atoms with Crippen molar-refractivity contribution >= 4 is 11.0 Å². The Balaban J connectivity index is 1.73. The van der Waals surface area contributed by atoms with Crippen LogP contribution in [0.25, 0.3) is 11.0 Å². The summed E-state index contributed by atoms with van der Waals surface area (Å²) in [5, 5.41) is 0. The molecule has 25 heavy (non-hydrogen) atoms. The Labute approximate surface area is 150 Å². The molecule has 0 amide bonds. The van der Waals surface area contributed by atoms with Gasteiger partial charge in [0.05, 0.1) is 17.1 Å². The van der Waals surface area contributed by atoms with Crippen molar-refractivity contribution in [2.75, 3.05) is 13.1 Å². The molecule has 3 nitrogen and oxygen atoms in total. The van der Waals surface area contributed by atoms with Crippen LogP contribution in [0.5, 0.6) is 0 Å². The molecular formula is C22H27N3. The second-order valence-electron chi connectivity index (χ2n) is 7.30. The average Bonchev–Trinajstić information content (AvgIpc) is 3.02. The van der Waals surface area contributed by atoms with E-state index in [2.05, 4.69) is 71.8 Å². The van der Waals surface area contributed by atoms with Crippen LogP contribution in [0.1, 0.15) is 49.2 Å². The smallest absolute Gasteiger partial charge is 0.127 e. The van der Waals surface area contributed by atoms with Crippen molar-refractivity contribution in [3.8, 4) is 0 Å². The van der Waals surface area contributed by atoms with Crippen LogP contribution in [0, 0.1) is 6.92 Å². The first kappa shape index (κ1) is 16.3. The molecule has 0 bridgehead atoms. The van der Waals surface area contributed by atoms with E-state index in [0.29, 0.717) is 6.04 Å². The van der Waals surface area contributed by atoms with Gasteiger partial charge in [-0.3, -0.25) is 4.90 Å². The molecule has 1 aliphatic rings. The molecule has 0 aliphatic carbocycles. The monoisotopic (exact) mass is 333 g/mol. The SMILES string of the molecule is Cc1ccc(Cn2c([C@H](C)N3CCCCC3)nc3ccccc32)cc1. The number of imidazole rings is 1. The molecule has 4 rings (SSSR count). The van der Waals surface area contributed by atoms with Gasteiger partial charge in [0.2, 0.25) is 0 Å². The summed E-state index contributed by atoms with van der Waals surface area (Å²) in [6.07, 6.45) is 3.98. The lowest BCUT2D eigenvalue weighted by atomic mass is 10.1. The molecule has 0 unspecified atom stereocenters. The Hall–Kier alpha value is -2.13. The topological polar surface area (TPSA) is 21.1 Å². The molecule has 2 heterocycles. The van der Waals surface area contributed by atoms with Crippen molar-refractivity contribution < 1.29 is 0 Å². The second kappa shape index (κ2) is 7.01. The zero-order valence-electron chi connectivity index (χ0n) is 15.3. The molecule has 0 radical (unpaired) electrons. The van der Waals surface area contributed by atoms with E-state index >= 15 is 0 Å². The number of nitrogens with zero attached hydrogens (tertiary/aromatic N) is 3. The van der Waals surface area contributed by atoms with Gasteiger partial charge in [-0.05, 0) is 57.5 Å². The summed E-state index contributed by atoms with van der Waals surface area (Å²) in [6.45, 7) is 7.72. The summed E-state index contributed by atoms with van der Waals surface area (Å²) < 4.78 is 2.42. The van der Waals surface area contributed by atoms with E-state index in [1.165, 1.54) is 54.8 Å². The van der Waals surface area contributed by atoms with Gasteiger partial charge in [-0.1, -0.05) is 48.4 Å². The minimum Gasteiger partial charge on any atom is -0.322 e. The van der Waals surface area contributed by atoms with Crippen molar-refractivity contribution in [2.24, 2.45) is 0 Å². The number of rotatable bonds is 4. The lowest BCUT2D eigenvalue weighted by molar-refractivity contribution is 0.166. The molecule has 1 atom stereocenters. The summed E-state index contributed by atoms with van der Waals surface area (Å²) in [5.74, 6) is 1.20. The van der Waals surface area contributed by atoms with Gasteiger partial charge in [0.15, 0.2) is 0 Å². The van der Waals surface area contributed by atoms with Gasteiger partial charge in [0.25, 0.3) is 0 Å². The van der Waals surface area contributed by atoms with Gasteiger partial charge in [-0.25, -0.2) is 4.98 Å². The summed E-state index contributed by atoms with van der Waals surface area (Å²) in [7, 11) is 0. The van der Waals surface area contributed by atoms with Crippen molar-refractivity contribution in [1.29, 1.82) is 0 Å². The Bertz CT molecular complexity index is 841. The van der Waals surface area contributed by atoms with Gasteiger partial charge in [-0.2, -0.15) is 0 Å². The van der Waals surface area contributed by atoms with Crippen LogP contribution in [0.4, 0.5) is 0 Å². The fourth-order valence-corrected chi connectivity index (χ4v) is 3.92. The Morgan fingerprint density at radius 1 is 0.960 bits per heavy atom. The highest BCUT2D eigenvalue weighted by molar-refractivity contribution is 5.76. The number of benzene rings is 2. The van der Waals surface area contributed by atoms with Crippen LogP contribution in [0.15, 0.2) is 48.5 Å². The van der Waals surface area contributed by atoms with Crippen molar-refractivity contribution in [3.05, 3.63) is 65.5 Å². The lowest BCUT2D eigenvalue weighted by Crippen LogP contribution is -2.33. The summed E-state index contributed by atoms with van der Waals surface area (Å²) in [5.41, 5.74) is 4.98. The van der Waals surface area contributed by atoms with Gasteiger partial charge in [0, 0.05) is 6.54 Å². The van der Waals surface area contributed by atoms with E-state index in [-0.39, 0.29) is 0 Å². The minimum absolute atomic E-state index is 0.359. The zero-order valence-corrected chi connectivity index (χ0v) is 15.3. The molecule has 1 aromatic heterocycles. The molecule has 1 saturated heterocycles.